The zero-order valence-corrected chi connectivity index (χ0v) is 26.6. The van der Waals surface area contributed by atoms with E-state index < -0.39 is 22.7 Å². The minimum atomic E-state index is -1.43. The molecule has 2 bridgehead atoms. The first-order chi connectivity index (χ1) is 24.1. The number of rotatable bonds is 6. The van der Waals surface area contributed by atoms with E-state index in [-0.39, 0.29) is 17.6 Å². The van der Waals surface area contributed by atoms with Crippen molar-refractivity contribution in [1.82, 2.24) is 0 Å². The Labute approximate surface area is 285 Å². The number of carbonyl (C=O) groups excluding carboxylic acids is 3. The Morgan fingerprint density at radius 3 is 1.16 bits per heavy atom. The highest BCUT2D eigenvalue weighted by Crippen LogP contribution is 2.74. The fourth-order valence-corrected chi connectivity index (χ4v) is 9.10. The molecule has 4 nitrogen and oxygen atoms in total. The van der Waals surface area contributed by atoms with Gasteiger partial charge in [0.2, 0.25) is 11.8 Å². The molecule has 9 rings (SSSR count). The van der Waals surface area contributed by atoms with E-state index in [0.29, 0.717) is 5.69 Å². The molecule has 2 aliphatic carbocycles. The summed E-state index contributed by atoms with van der Waals surface area (Å²) in [7, 11) is 0. The van der Waals surface area contributed by atoms with Crippen LogP contribution in [-0.4, -0.2) is 17.6 Å². The average molecular weight is 634 g/mol. The van der Waals surface area contributed by atoms with Gasteiger partial charge in [0.25, 0.3) is 0 Å². The van der Waals surface area contributed by atoms with Crippen LogP contribution in [0.2, 0.25) is 0 Å². The molecule has 6 aromatic rings. The normalized spacial score (nSPS) is 24.1. The van der Waals surface area contributed by atoms with Crippen LogP contribution in [0.25, 0.3) is 22.3 Å². The molecule has 4 heteroatoms. The van der Waals surface area contributed by atoms with Crippen molar-refractivity contribution in [3.63, 3.8) is 0 Å². The van der Waals surface area contributed by atoms with Gasteiger partial charge in [-0.3, -0.25) is 14.4 Å². The monoisotopic (exact) mass is 633 g/mol. The number of benzene rings is 6. The lowest BCUT2D eigenvalue weighted by Crippen LogP contribution is -2.45. The summed E-state index contributed by atoms with van der Waals surface area (Å²) in [6.45, 7) is 0. The van der Waals surface area contributed by atoms with E-state index in [1.54, 1.807) is 0 Å². The van der Waals surface area contributed by atoms with Crippen molar-refractivity contribution in [3.8, 4) is 11.1 Å². The number of hydrogen-bond donors (Lipinski definition) is 0. The number of allylic oxidation sites excluding steroid dienone is 2. The van der Waals surface area contributed by atoms with E-state index in [1.165, 1.54) is 4.90 Å². The van der Waals surface area contributed by atoms with Crippen LogP contribution in [0.4, 0.5) is 5.69 Å². The molecule has 1 saturated heterocycles. The molecule has 0 N–H and O–H groups in total. The van der Waals surface area contributed by atoms with Crippen LogP contribution in [0.3, 0.4) is 0 Å². The van der Waals surface area contributed by atoms with Crippen molar-refractivity contribution >= 4 is 34.4 Å². The number of imide groups is 1. The van der Waals surface area contributed by atoms with Crippen molar-refractivity contribution in [1.29, 1.82) is 0 Å². The van der Waals surface area contributed by atoms with Crippen LogP contribution < -0.4 is 4.90 Å². The van der Waals surface area contributed by atoms with Gasteiger partial charge in [-0.15, -0.1) is 0 Å². The Morgan fingerprint density at radius 1 is 0.388 bits per heavy atom. The lowest BCUT2D eigenvalue weighted by molar-refractivity contribution is -0.130. The molecule has 234 valence electrons. The largest absolute Gasteiger partial charge is 0.297 e. The number of Topliss-reactive ketones (excluding diaryl/α,β-unsaturated/α-hetero) is 1. The number of amides is 2. The predicted molar refractivity (Wildman–Crippen MR) is 192 cm³/mol. The van der Waals surface area contributed by atoms with Gasteiger partial charge in [-0.2, -0.15) is 0 Å². The third-order valence-corrected chi connectivity index (χ3v) is 10.8. The SMILES string of the molecule is O=C1[C@@H]2[C@@H](C(=O)N1c1ccccc1-c1ccccc1)[C@@]1(c3ccccc3)C(=O)[C@@]2(c2ccccc2)C(c2ccccc2)=C1c1ccccc1. The molecular weight excluding hydrogens is 602 g/mol. The van der Waals surface area contributed by atoms with Crippen LogP contribution >= 0.6 is 0 Å². The maximum Gasteiger partial charge on any atom is 0.239 e. The fourth-order valence-electron chi connectivity index (χ4n) is 9.10. The molecule has 0 unspecified atom stereocenters. The summed E-state index contributed by atoms with van der Waals surface area (Å²) < 4.78 is 0. The molecule has 2 fully saturated rings. The van der Waals surface area contributed by atoms with Gasteiger partial charge in [-0.1, -0.05) is 170 Å². The summed E-state index contributed by atoms with van der Waals surface area (Å²) in [4.78, 5) is 48.3. The number of nitrogens with zero attached hydrogens (tertiary/aromatic N) is 1. The van der Waals surface area contributed by atoms with Crippen LogP contribution in [0.1, 0.15) is 22.3 Å². The summed E-state index contributed by atoms with van der Waals surface area (Å²) in [5.74, 6) is -2.77. The number of carbonyl (C=O) groups is 3. The van der Waals surface area contributed by atoms with E-state index >= 15 is 14.4 Å². The van der Waals surface area contributed by atoms with Gasteiger partial charge in [0.1, 0.15) is 0 Å². The Bertz CT molecular complexity index is 2160. The van der Waals surface area contributed by atoms with Crippen molar-refractivity contribution < 1.29 is 14.4 Å². The second-order valence-electron chi connectivity index (χ2n) is 13.0. The van der Waals surface area contributed by atoms with Crippen LogP contribution in [0.15, 0.2) is 176 Å². The highest BCUT2D eigenvalue weighted by atomic mass is 16.2. The molecule has 0 spiro atoms. The molecule has 1 aliphatic heterocycles. The summed E-state index contributed by atoms with van der Waals surface area (Å²) in [5.41, 5.74) is 4.09. The molecule has 3 aliphatic rings. The van der Waals surface area contributed by atoms with E-state index in [1.807, 2.05) is 176 Å². The summed E-state index contributed by atoms with van der Waals surface area (Å²) in [5, 5.41) is 0. The minimum absolute atomic E-state index is 0.122. The van der Waals surface area contributed by atoms with Gasteiger partial charge in [-0.25, -0.2) is 4.90 Å². The summed E-state index contributed by atoms with van der Waals surface area (Å²) in [6, 6.07) is 56.6. The third-order valence-electron chi connectivity index (χ3n) is 10.8. The third kappa shape index (κ3) is 3.77. The molecule has 49 heavy (non-hydrogen) atoms. The van der Waals surface area contributed by atoms with Gasteiger partial charge < -0.3 is 0 Å². The molecule has 6 aromatic carbocycles. The van der Waals surface area contributed by atoms with Crippen LogP contribution in [0, 0.1) is 11.8 Å². The number of ketones is 1. The molecular formula is C45H31NO3. The van der Waals surface area contributed by atoms with Gasteiger partial charge >= 0.3 is 0 Å². The van der Waals surface area contributed by atoms with E-state index in [4.69, 9.17) is 0 Å². The number of fused-ring (bicyclic) bond motifs is 5. The zero-order chi connectivity index (χ0) is 33.2. The van der Waals surface area contributed by atoms with Crippen LogP contribution in [-0.2, 0) is 25.2 Å². The van der Waals surface area contributed by atoms with Crippen LogP contribution in [0.5, 0.6) is 0 Å². The number of para-hydroxylation sites is 1. The number of hydrogen-bond acceptors (Lipinski definition) is 3. The highest BCUT2D eigenvalue weighted by molar-refractivity contribution is 6.39. The Kier molecular flexibility index (Phi) is 6.50. The van der Waals surface area contributed by atoms with Crippen molar-refractivity contribution in [2.75, 3.05) is 4.90 Å². The summed E-state index contributed by atoms with van der Waals surface area (Å²) in [6.07, 6.45) is 0. The molecule has 0 aromatic heterocycles. The lowest BCUT2D eigenvalue weighted by atomic mass is 9.59. The van der Waals surface area contributed by atoms with Gasteiger partial charge in [-0.05, 0) is 45.0 Å². The predicted octanol–water partition coefficient (Wildman–Crippen LogP) is 8.54. The minimum Gasteiger partial charge on any atom is -0.297 e. The Balaban J connectivity index is 1.42. The van der Waals surface area contributed by atoms with Gasteiger partial charge in [0.05, 0.1) is 28.4 Å². The zero-order valence-electron chi connectivity index (χ0n) is 26.6. The molecule has 0 radical (unpaired) electrons. The first-order valence-electron chi connectivity index (χ1n) is 16.7. The molecule has 1 heterocycles. The Hall–Kier alpha value is -6.13. The maximum atomic E-state index is 16.1. The summed E-state index contributed by atoms with van der Waals surface area (Å²) >= 11 is 0. The van der Waals surface area contributed by atoms with Crippen molar-refractivity contribution in [2.24, 2.45) is 11.8 Å². The quantitative estimate of drug-likeness (QED) is 0.173. The number of anilines is 1. The smallest absolute Gasteiger partial charge is 0.239 e. The van der Waals surface area contributed by atoms with E-state index in [9.17, 15) is 0 Å². The standard InChI is InChI=1S/C45H31NO3/c47-41-39-40(42(48)46(41)36-29-17-16-28-35(36)30-18-6-1-7-19-30)45(34-26-14-5-15-27-34)38(32-22-10-3-11-23-32)37(31-20-8-2-9-21-31)44(39,43(45)49)33-24-12-4-13-25-33/h1-29,39-40H/t39-,40-,44-,45-/m0/s1. The fraction of sp³-hybridized carbons (Fsp3) is 0.0889. The molecule has 4 atom stereocenters. The van der Waals surface area contributed by atoms with E-state index in [2.05, 4.69) is 0 Å². The van der Waals surface area contributed by atoms with E-state index in [0.717, 1.165) is 44.5 Å². The average Bonchev–Trinajstić information content (AvgIpc) is 3.68. The van der Waals surface area contributed by atoms with Crippen molar-refractivity contribution in [3.05, 3.63) is 198 Å². The highest BCUT2D eigenvalue weighted by Gasteiger charge is 2.82. The second-order valence-corrected chi connectivity index (χ2v) is 13.0. The lowest BCUT2D eigenvalue weighted by Gasteiger charge is -2.39. The topological polar surface area (TPSA) is 54.5 Å². The van der Waals surface area contributed by atoms with Gasteiger partial charge in [0.15, 0.2) is 5.78 Å². The first-order valence-corrected chi connectivity index (χ1v) is 16.7. The Morgan fingerprint density at radius 2 is 0.735 bits per heavy atom. The molecule has 1 saturated carbocycles. The second kappa shape index (κ2) is 11.0. The first kappa shape index (κ1) is 29.0. The van der Waals surface area contributed by atoms with Gasteiger partial charge in [0, 0.05) is 5.56 Å². The van der Waals surface area contributed by atoms with Crippen molar-refractivity contribution in [2.45, 2.75) is 10.8 Å². The maximum absolute atomic E-state index is 16.1. The molecule has 2 amide bonds.